The van der Waals surface area contributed by atoms with Crippen LogP contribution in [0.15, 0.2) is 6.07 Å². The Bertz CT molecular complexity index is 360. The highest BCUT2D eigenvalue weighted by Crippen LogP contribution is 2.22. The Morgan fingerprint density at radius 1 is 1.53 bits per heavy atom. The van der Waals surface area contributed by atoms with Crippen LogP contribution < -0.4 is 0 Å². The smallest absolute Gasteiger partial charge is 0.168 e. The standard InChI is InChI=1S/C11H14N2O2/c1-8-5-10(6-14)13-11(12-8)9-3-2-4-15-7-9/h5-6,9H,2-4,7H2,1H3. The number of aromatic nitrogens is 2. The summed E-state index contributed by atoms with van der Waals surface area (Å²) in [6, 6.07) is 1.69. The van der Waals surface area contributed by atoms with E-state index in [0.717, 1.165) is 37.3 Å². The van der Waals surface area contributed by atoms with Crippen LogP contribution in [0.25, 0.3) is 0 Å². The molecule has 4 heteroatoms. The lowest BCUT2D eigenvalue weighted by Crippen LogP contribution is -2.18. The van der Waals surface area contributed by atoms with Crippen molar-refractivity contribution in [2.45, 2.75) is 25.7 Å². The molecule has 0 amide bonds. The highest BCUT2D eigenvalue weighted by molar-refractivity contribution is 5.71. The van der Waals surface area contributed by atoms with Gasteiger partial charge in [0.25, 0.3) is 0 Å². The molecule has 1 aromatic rings. The molecule has 0 aliphatic carbocycles. The fraction of sp³-hybridized carbons (Fsp3) is 0.545. The summed E-state index contributed by atoms with van der Waals surface area (Å²) in [5, 5.41) is 0. The van der Waals surface area contributed by atoms with Crippen molar-refractivity contribution in [3.05, 3.63) is 23.3 Å². The second-order valence-electron chi connectivity index (χ2n) is 3.82. The summed E-state index contributed by atoms with van der Waals surface area (Å²) < 4.78 is 5.38. The van der Waals surface area contributed by atoms with E-state index in [9.17, 15) is 4.79 Å². The number of ether oxygens (including phenoxy) is 1. The first kappa shape index (κ1) is 10.2. The summed E-state index contributed by atoms with van der Waals surface area (Å²) >= 11 is 0. The van der Waals surface area contributed by atoms with Crippen LogP contribution in [0.4, 0.5) is 0 Å². The maximum absolute atomic E-state index is 10.7. The molecule has 80 valence electrons. The summed E-state index contributed by atoms with van der Waals surface area (Å²) in [6.07, 6.45) is 2.85. The molecule has 1 aliphatic heterocycles. The van der Waals surface area contributed by atoms with Gasteiger partial charge in [0.15, 0.2) is 6.29 Å². The van der Waals surface area contributed by atoms with E-state index in [-0.39, 0.29) is 5.92 Å². The van der Waals surface area contributed by atoms with Gasteiger partial charge in [0.1, 0.15) is 11.5 Å². The van der Waals surface area contributed by atoms with Crippen LogP contribution in [-0.4, -0.2) is 29.5 Å². The fourth-order valence-corrected chi connectivity index (χ4v) is 1.80. The topological polar surface area (TPSA) is 52.1 Å². The minimum absolute atomic E-state index is 0.248. The van der Waals surface area contributed by atoms with E-state index in [1.807, 2.05) is 6.92 Å². The van der Waals surface area contributed by atoms with Gasteiger partial charge in [-0.25, -0.2) is 9.97 Å². The third kappa shape index (κ3) is 2.39. The number of hydrogen-bond donors (Lipinski definition) is 0. The van der Waals surface area contributed by atoms with E-state index in [1.54, 1.807) is 6.07 Å². The predicted molar refractivity (Wildman–Crippen MR) is 55.0 cm³/mol. The largest absolute Gasteiger partial charge is 0.381 e. The van der Waals surface area contributed by atoms with Crippen molar-refractivity contribution < 1.29 is 9.53 Å². The van der Waals surface area contributed by atoms with Crippen LogP contribution >= 0.6 is 0 Å². The Balaban J connectivity index is 2.25. The van der Waals surface area contributed by atoms with Crippen molar-refractivity contribution in [1.29, 1.82) is 0 Å². The number of hydrogen-bond acceptors (Lipinski definition) is 4. The Morgan fingerprint density at radius 3 is 3.07 bits per heavy atom. The molecule has 2 heterocycles. The first-order chi connectivity index (χ1) is 7.29. The van der Waals surface area contributed by atoms with Crippen LogP contribution in [0.5, 0.6) is 0 Å². The molecule has 2 rings (SSSR count). The third-order valence-electron chi connectivity index (χ3n) is 2.54. The molecule has 1 aliphatic rings. The Labute approximate surface area is 88.7 Å². The van der Waals surface area contributed by atoms with Gasteiger partial charge < -0.3 is 4.74 Å². The maximum Gasteiger partial charge on any atom is 0.168 e. The molecule has 0 spiro atoms. The van der Waals surface area contributed by atoms with Crippen LogP contribution in [0.2, 0.25) is 0 Å². The van der Waals surface area contributed by atoms with Crippen molar-refractivity contribution in [3.8, 4) is 0 Å². The van der Waals surface area contributed by atoms with Gasteiger partial charge in [-0.2, -0.15) is 0 Å². The van der Waals surface area contributed by atoms with E-state index in [0.29, 0.717) is 12.3 Å². The van der Waals surface area contributed by atoms with E-state index < -0.39 is 0 Å². The molecule has 1 aromatic heterocycles. The molecule has 1 unspecified atom stereocenters. The van der Waals surface area contributed by atoms with E-state index in [2.05, 4.69) is 9.97 Å². The lowest BCUT2D eigenvalue weighted by Gasteiger charge is -2.20. The molecule has 0 bridgehead atoms. The van der Waals surface area contributed by atoms with Gasteiger partial charge in [-0.1, -0.05) is 0 Å². The molecule has 0 N–H and O–H groups in total. The number of carbonyl (C=O) groups is 1. The molecule has 0 radical (unpaired) electrons. The van der Waals surface area contributed by atoms with Gasteiger partial charge in [-0.3, -0.25) is 4.79 Å². The SMILES string of the molecule is Cc1cc(C=O)nc(C2CCCOC2)n1. The average Bonchev–Trinajstić information content (AvgIpc) is 2.29. The fourth-order valence-electron chi connectivity index (χ4n) is 1.80. The predicted octanol–water partition coefficient (Wildman–Crippen LogP) is 1.49. The molecule has 1 saturated heterocycles. The minimum atomic E-state index is 0.248. The summed E-state index contributed by atoms with van der Waals surface area (Å²) in [5.74, 6) is 0.995. The molecule has 0 saturated carbocycles. The van der Waals surface area contributed by atoms with Crippen molar-refractivity contribution in [3.63, 3.8) is 0 Å². The summed E-state index contributed by atoms with van der Waals surface area (Å²) in [5.41, 5.74) is 1.30. The monoisotopic (exact) mass is 206 g/mol. The van der Waals surface area contributed by atoms with Gasteiger partial charge in [-0.05, 0) is 25.8 Å². The first-order valence-corrected chi connectivity index (χ1v) is 5.18. The first-order valence-electron chi connectivity index (χ1n) is 5.18. The zero-order valence-electron chi connectivity index (χ0n) is 8.77. The summed E-state index contributed by atoms with van der Waals surface area (Å²) in [7, 11) is 0. The normalized spacial score (nSPS) is 21.3. The van der Waals surface area contributed by atoms with Crippen LogP contribution in [-0.2, 0) is 4.74 Å². The number of carbonyl (C=O) groups excluding carboxylic acids is 1. The molecule has 1 atom stereocenters. The average molecular weight is 206 g/mol. The lowest BCUT2D eigenvalue weighted by atomic mass is 10.0. The number of aldehydes is 1. The van der Waals surface area contributed by atoms with Gasteiger partial charge >= 0.3 is 0 Å². The highest BCUT2D eigenvalue weighted by atomic mass is 16.5. The van der Waals surface area contributed by atoms with Crippen LogP contribution in [0.3, 0.4) is 0 Å². The molecular formula is C11H14N2O2. The molecule has 15 heavy (non-hydrogen) atoms. The lowest BCUT2D eigenvalue weighted by molar-refractivity contribution is 0.0779. The summed E-state index contributed by atoms with van der Waals surface area (Å²) in [6.45, 7) is 3.37. The van der Waals surface area contributed by atoms with Gasteiger partial charge in [0.05, 0.1) is 6.61 Å². The zero-order chi connectivity index (χ0) is 10.7. The molecular weight excluding hydrogens is 192 g/mol. The molecule has 0 aromatic carbocycles. The van der Waals surface area contributed by atoms with E-state index >= 15 is 0 Å². The van der Waals surface area contributed by atoms with Gasteiger partial charge in [-0.15, -0.1) is 0 Å². The Hall–Kier alpha value is -1.29. The van der Waals surface area contributed by atoms with Crippen LogP contribution in [0.1, 0.15) is 40.8 Å². The number of aryl methyl sites for hydroxylation is 1. The van der Waals surface area contributed by atoms with Crippen molar-refractivity contribution in [2.75, 3.05) is 13.2 Å². The van der Waals surface area contributed by atoms with E-state index in [1.165, 1.54) is 0 Å². The Kier molecular flexibility index (Phi) is 3.06. The number of rotatable bonds is 2. The zero-order valence-corrected chi connectivity index (χ0v) is 8.77. The van der Waals surface area contributed by atoms with Crippen molar-refractivity contribution >= 4 is 6.29 Å². The minimum Gasteiger partial charge on any atom is -0.381 e. The van der Waals surface area contributed by atoms with Gasteiger partial charge in [0, 0.05) is 18.2 Å². The van der Waals surface area contributed by atoms with Crippen molar-refractivity contribution in [2.24, 2.45) is 0 Å². The number of nitrogens with zero attached hydrogens (tertiary/aromatic N) is 2. The quantitative estimate of drug-likeness (QED) is 0.688. The third-order valence-corrected chi connectivity index (χ3v) is 2.54. The van der Waals surface area contributed by atoms with E-state index in [4.69, 9.17) is 4.74 Å². The second-order valence-corrected chi connectivity index (χ2v) is 3.82. The maximum atomic E-state index is 10.7. The van der Waals surface area contributed by atoms with Gasteiger partial charge in [0.2, 0.25) is 0 Å². The molecule has 1 fully saturated rings. The summed E-state index contributed by atoms with van der Waals surface area (Å²) in [4.78, 5) is 19.2. The van der Waals surface area contributed by atoms with Crippen LogP contribution in [0, 0.1) is 6.92 Å². The van der Waals surface area contributed by atoms with Crippen molar-refractivity contribution in [1.82, 2.24) is 9.97 Å². The molecule has 4 nitrogen and oxygen atoms in total. The second kappa shape index (κ2) is 4.49. The highest BCUT2D eigenvalue weighted by Gasteiger charge is 2.19. The Morgan fingerprint density at radius 2 is 2.40 bits per heavy atom.